The highest BCUT2D eigenvalue weighted by atomic mass is 16.5. The maximum Gasteiger partial charge on any atom is 0.222 e. The van der Waals surface area contributed by atoms with Crippen molar-refractivity contribution in [2.75, 3.05) is 33.3 Å². The molecule has 2 aliphatic rings. The molecule has 2 aliphatic heterocycles. The van der Waals surface area contributed by atoms with Crippen molar-refractivity contribution in [1.29, 1.82) is 0 Å². The lowest BCUT2D eigenvalue weighted by atomic mass is 10.0. The smallest absolute Gasteiger partial charge is 0.222 e. The zero-order chi connectivity index (χ0) is 17.2. The summed E-state index contributed by atoms with van der Waals surface area (Å²) in [4.78, 5) is 16.9. The zero-order valence-corrected chi connectivity index (χ0v) is 14.9. The summed E-state index contributed by atoms with van der Waals surface area (Å²) in [5, 5.41) is 2.54. The molecule has 4 nitrogen and oxygen atoms in total. The molecule has 0 bridgehead atoms. The Morgan fingerprint density at radius 3 is 2.84 bits per heavy atom. The lowest BCUT2D eigenvalue weighted by Crippen LogP contribution is -2.48. The highest BCUT2D eigenvalue weighted by Crippen LogP contribution is 2.23. The van der Waals surface area contributed by atoms with E-state index in [2.05, 4.69) is 54.4 Å². The molecule has 2 aromatic rings. The van der Waals surface area contributed by atoms with Gasteiger partial charge in [-0.05, 0) is 36.2 Å². The predicted molar refractivity (Wildman–Crippen MR) is 99.6 cm³/mol. The minimum absolute atomic E-state index is 0.197. The summed E-state index contributed by atoms with van der Waals surface area (Å²) < 4.78 is 5.83. The van der Waals surface area contributed by atoms with E-state index in [4.69, 9.17) is 4.74 Å². The van der Waals surface area contributed by atoms with E-state index in [0.29, 0.717) is 12.5 Å². The SMILES string of the molecule is CN1CCO[C@@H]2CN(C(=O)CCCc3ccc4ccccc4c3)C[C@@H]21. The second-order valence-corrected chi connectivity index (χ2v) is 7.29. The molecule has 0 N–H and O–H groups in total. The van der Waals surface area contributed by atoms with Crippen LogP contribution >= 0.6 is 0 Å². The monoisotopic (exact) mass is 338 g/mol. The third kappa shape index (κ3) is 3.55. The van der Waals surface area contributed by atoms with Crippen LogP contribution in [0.25, 0.3) is 10.8 Å². The fourth-order valence-electron chi connectivity index (χ4n) is 4.06. The molecule has 0 radical (unpaired) electrons. The van der Waals surface area contributed by atoms with Gasteiger partial charge in [0.1, 0.15) is 0 Å². The van der Waals surface area contributed by atoms with Crippen molar-refractivity contribution in [3.8, 4) is 0 Å². The van der Waals surface area contributed by atoms with Crippen molar-refractivity contribution in [1.82, 2.24) is 9.80 Å². The Balaban J connectivity index is 1.30. The Morgan fingerprint density at radius 1 is 1.16 bits per heavy atom. The molecule has 4 rings (SSSR count). The molecule has 0 unspecified atom stereocenters. The number of likely N-dealkylation sites (tertiary alicyclic amines) is 1. The van der Waals surface area contributed by atoms with Gasteiger partial charge in [-0.2, -0.15) is 0 Å². The van der Waals surface area contributed by atoms with Gasteiger partial charge in [0.2, 0.25) is 5.91 Å². The van der Waals surface area contributed by atoms with Gasteiger partial charge in [-0.3, -0.25) is 9.69 Å². The molecule has 1 amide bonds. The number of morpholine rings is 1. The number of fused-ring (bicyclic) bond motifs is 2. The summed E-state index contributed by atoms with van der Waals surface area (Å²) in [6.45, 7) is 3.31. The van der Waals surface area contributed by atoms with Gasteiger partial charge in [-0.1, -0.05) is 42.5 Å². The molecule has 2 atom stereocenters. The van der Waals surface area contributed by atoms with Crippen molar-refractivity contribution in [2.45, 2.75) is 31.4 Å². The van der Waals surface area contributed by atoms with Crippen LogP contribution in [0, 0.1) is 0 Å². The van der Waals surface area contributed by atoms with Crippen LogP contribution in [0.1, 0.15) is 18.4 Å². The van der Waals surface area contributed by atoms with Gasteiger partial charge in [-0.25, -0.2) is 0 Å². The van der Waals surface area contributed by atoms with E-state index < -0.39 is 0 Å². The van der Waals surface area contributed by atoms with E-state index in [0.717, 1.165) is 39.1 Å². The summed E-state index contributed by atoms with van der Waals surface area (Å²) in [6, 6.07) is 15.4. The lowest BCUT2D eigenvalue weighted by Gasteiger charge is -2.33. The van der Waals surface area contributed by atoms with Crippen LogP contribution < -0.4 is 0 Å². The third-order valence-corrected chi connectivity index (χ3v) is 5.60. The van der Waals surface area contributed by atoms with Crippen molar-refractivity contribution in [3.63, 3.8) is 0 Å². The first kappa shape index (κ1) is 16.6. The number of rotatable bonds is 4. The fourth-order valence-corrected chi connectivity index (χ4v) is 4.06. The number of amides is 1. The molecule has 2 heterocycles. The van der Waals surface area contributed by atoms with Crippen LogP contribution in [-0.4, -0.2) is 61.1 Å². The second kappa shape index (κ2) is 7.14. The first-order valence-electron chi connectivity index (χ1n) is 9.28. The van der Waals surface area contributed by atoms with Crippen molar-refractivity contribution in [2.24, 2.45) is 0 Å². The van der Waals surface area contributed by atoms with Crippen LogP contribution in [0.4, 0.5) is 0 Å². The lowest BCUT2D eigenvalue weighted by molar-refractivity contribution is -0.130. The molecule has 0 aromatic heterocycles. The largest absolute Gasteiger partial charge is 0.373 e. The molecule has 4 heteroatoms. The van der Waals surface area contributed by atoms with Gasteiger partial charge in [0, 0.05) is 26.1 Å². The highest BCUT2D eigenvalue weighted by molar-refractivity contribution is 5.83. The van der Waals surface area contributed by atoms with E-state index in [1.165, 1.54) is 16.3 Å². The van der Waals surface area contributed by atoms with E-state index in [1.807, 2.05) is 4.90 Å². The molecule has 2 fully saturated rings. The minimum atomic E-state index is 0.197. The average molecular weight is 338 g/mol. The number of carbonyl (C=O) groups is 1. The van der Waals surface area contributed by atoms with E-state index >= 15 is 0 Å². The predicted octanol–water partition coefficient (Wildman–Crippen LogP) is 2.70. The Labute approximate surface area is 149 Å². The van der Waals surface area contributed by atoms with E-state index in [1.54, 1.807) is 0 Å². The Hall–Kier alpha value is -1.91. The normalized spacial score (nSPS) is 23.8. The molecular formula is C21H26N2O2. The van der Waals surface area contributed by atoms with E-state index in [-0.39, 0.29) is 12.0 Å². The van der Waals surface area contributed by atoms with Gasteiger partial charge < -0.3 is 9.64 Å². The first-order chi connectivity index (χ1) is 12.2. The summed E-state index contributed by atoms with van der Waals surface area (Å²) in [6.07, 6.45) is 2.67. The molecule has 132 valence electrons. The van der Waals surface area contributed by atoms with Crippen LogP contribution in [0.15, 0.2) is 42.5 Å². The zero-order valence-electron chi connectivity index (χ0n) is 14.9. The van der Waals surface area contributed by atoms with Crippen LogP contribution in [0.3, 0.4) is 0 Å². The summed E-state index contributed by atoms with van der Waals surface area (Å²) in [7, 11) is 2.13. The van der Waals surface area contributed by atoms with Gasteiger partial charge in [0.05, 0.1) is 18.8 Å². The standard InChI is InChI=1S/C21H26N2O2/c1-22-11-12-25-20-15-23(14-19(20)22)21(24)8-4-5-16-9-10-17-6-2-3-7-18(17)13-16/h2-3,6-7,9-10,13,19-20H,4-5,8,11-12,14-15H2,1H3/t19-,20+/m0/s1. The first-order valence-corrected chi connectivity index (χ1v) is 9.28. The van der Waals surface area contributed by atoms with Crippen LogP contribution in [0.2, 0.25) is 0 Å². The number of carbonyl (C=O) groups excluding carboxylic acids is 1. The molecule has 2 aromatic carbocycles. The minimum Gasteiger partial charge on any atom is -0.373 e. The van der Waals surface area contributed by atoms with Gasteiger partial charge in [0.15, 0.2) is 0 Å². The van der Waals surface area contributed by atoms with Crippen molar-refractivity contribution in [3.05, 3.63) is 48.0 Å². The van der Waals surface area contributed by atoms with Crippen molar-refractivity contribution < 1.29 is 9.53 Å². The average Bonchev–Trinajstić information content (AvgIpc) is 3.07. The van der Waals surface area contributed by atoms with Crippen LogP contribution in [-0.2, 0) is 16.0 Å². The Kier molecular flexibility index (Phi) is 4.73. The maximum absolute atomic E-state index is 12.5. The number of benzene rings is 2. The number of hydrogen-bond acceptors (Lipinski definition) is 3. The Bertz CT molecular complexity index is 760. The quantitative estimate of drug-likeness (QED) is 0.859. The molecular weight excluding hydrogens is 312 g/mol. The number of aryl methyl sites for hydroxylation is 1. The fraction of sp³-hybridized carbons (Fsp3) is 0.476. The maximum atomic E-state index is 12.5. The molecule has 0 aliphatic carbocycles. The highest BCUT2D eigenvalue weighted by Gasteiger charge is 2.39. The molecule has 25 heavy (non-hydrogen) atoms. The molecule has 2 saturated heterocycles. The van der Waals surface area contributed by atoms with Crippen LogP contribution in [0.5, 0.6) is 0 Å². The number of hydrogen-bond donors (Lipinski definition) is 0. The Morgan fingerprint density at radius 2 is 2.00 bits per heavy atom. The molecule has 0 saturated carbocycles. The summed E-state index contributed by atoms with van der Waals surface area (Å²) in [5.41, 5.74) is 1.31. The van der Waals surface area contributed by atoms with Gasteiger partial charge >= 0.3 is 0 Å². The number of ether oxygens (including phenoxy) is 1. The molecule has 0 spiro atoms. The van der Waals surface area contributed by atoms with Gasteiger partial charge in [-0.15, -0.1) is 0 Å². The third-order valence-electron chi connectivity index (χ3n) is 5.60. The van der Waals surface area contributed by atoms with E-state index in [9.17, 15) is 4.79 Å². The van der Waals surface area contributed by atoms with Gasteiger partial charge in [0.25, 0.3) is 0 Å². The topological polar surface area (TPSA) is 32.8 Å². The number of nitrogens with zero attached hydrogens (tertiary/aromatic N) is 2. The summed E-state index contributed by atoms with van der Waals surface area (Å²) in [5.74, 6) is 0.271. The number of likely N-dealkylation sites (N-methyl/N-ethyl adjacent to an activating group) is 1. The second-order valence-electron chi connectivity index (χ2n) is 7.29. The summed E-state index contributed by atoms with van der Waals surface area (Å²) >= 11 is 0. The van der Waals surface area contributed by atoms with Crippen molar-refractivity contribution >= 4 is 16.7 Å².